The highest BCUT2D eigenvalue weighted by molar-refractivity contribution is 9.11. The minimum Gasteiger partial charge on any atom is -0.475 e. The van der Waals surface area contributed by atoms with Crippen LogP contribution in [-0.2, 0) is 0 Å². The summed E-state index contributed by atoms with van der Waals surface area (Å²) in [6.07, 6.45) is 0. The van der Waals surface area contributed by atoms with Crippen LogP contribution in [0.1, 0.15) is 10.6 Å². The number of aromatic carboxylic acids is 1. The molecule has 1 aromatic carbocycles. The molecule has 0 aliphatic heterocycles. The van der Waals surface area contributed by atoms with Gasteiger partial charge in [0.1, 0.15) is 0 Å². The summed E-state index contributed by atoms with van der Waals surface area (Å²) in [7, 11) is 0. The number of carbonyl (C=O) groups is 1. The van der Waals surface area contributed by atoms with Gasteiger partial charge in [-0.3, -0.25) is 0 Å². The molecule has 2 rings (SSSR count). The van der Waals surface area contributed by atoms with Gasteiger partial charge in [-0.2, -0.15) is 0 Å². The van der Waals surface area contributed by atoms with E-state index in [0.717, 1.165) is 0 Å². The van der Waals surface area contributed by atoms with Gasteiger partial charge < -0.3 is 9.52 Å². The van der Waals surface area contributed by atoms with Crippen LogP contribution in [0.15, 0.2) is 36.4 Å². The second-order valence-electron chi connectivity index (χ2n) is 3.05. The smallest absolute Gasteiger partial charge is 0.371 e. The standard InChI is InChI=1S/C10H4Br2O4/c11-4-1-6-5(7(12)2-4)3-8(9(13)14)16-10(6)15/h1-3H,(H,13,14). The van der Waals surface area contributed by atoms with Crippen molar-refractivity contribution >= 4 is 48.6 Å². The molecule has 0 aliphatic carbocycles. The molecule has 2 aromatic rings. The summed E-state index contributed by atoms with van der Waals surface area (Å²) in [6, 6.07) is 4.63. The van der Waals surface area contributed by atoms with Gasteiger partial charge in [-0.25, -0.2) is 9.59 Å². The first-order chi connectivity index (χ1) is 7.49. The molecule has 4 nitrogen and oxygen atoms in total. The normalized spacial score (nSPS) is 10.6. The predicted molar refractivity (Wildman–Crippen MR) is 64.8 cm³/mol. The number of hydrogen-bond acceptors (Lipinski definition) is 3. The van der Waals surface area contributed by atoms with Crippen molar-refractivity contribution in [2.75, 3.05) is 0 Å². The second-order valence-corrected chi connectivity index (χ2v) is 4.82. The fourth-order valence-corrected chi connectivity index (χ4v) is 2.66. The molecule has 1 aromatic heterocycles. The van der Waals surface area contributed by atoms with Gasteiger partial charge in [0, 0.05) is 14.3 Å². The van der Waals surface area contributed by atoms with Crippen LogP contribution in [0.25, 0.3) is 10.8 Å². The van der Waals surface area contributed by atoms with Gasteiger partial charge in [-0.15, -0.1) is 0 Å². The number of fused-ring (bicyclic) bond motifs is 1. The number of hydrogen-bond donors (Lipinski definition) is 1. The van der Waals surface area contributed by atoms with E-state index in [0.29, 0.717) is 19.7 Å². The second kappa shape index (κ2) is 4.03. The monoisotopic (exact) mass is 346 g/mol. The van der Waals surface area contributed by atoms with Crippen LogP contribution in [0.4, 0.5) is 0 Å². The zero-order chi connectivity index (χ0) is 11.9. The Morgan fingerprint density at radius 2 is 1.88 bits per heavy atom. The van der Waals surface area contributed by atoms with E-state index in [1.807, 2.05) is 0 Å². The van der Waals surface area contributed by atoms with Gasteiger partial charge in [0.25, 0.3) is 0 Å². The number of benzene rings is 1. The van der Waals surface area contributed by atoms with Gasteiger partial charge in [-0.05, 0) is 18.2 Å². The molecule has 1 N–H and O–H groups in total. The highest BCUT2D eigenvalue weighted by Gasteiger charge is 2.12. The fourth-order valence-electron chi connectivity index (χ4n) is 1.32. The van der Waals surface area contributed by atoms with Crippen molar-refractivity contribution in [1.29, 1.82) is 0 Å². The van der Waals surface area contributed by atoms with Crippen molar-refractivity contribution in [2.24, 2.45) is 0 Å². The van der Waals surface area contributed by atoms with Crippen molar-refractivity contribution < 1.29 is 14.3 Å². The van der Waals surface area contributed by atoms with Crippen LogP contribution in [0, 0.1) is 0 Å². The predicted octanol–water partition coefficient (Wildman–Crippen LogP) is 3.02. The first-order valence-electron chi connectivity index (χ1n) is 4.15. The molecule has 0 saturated heterocycles. The van der Waals surface area contributed by atoms with Crippen LogP contribution in [0.2, 0.25) is 0 Å². The molecule has 0 spiro atoms. The lowest BCUT2D eigenvalue weighted by atomic mass is 10.2. The molecule has 82 valence electrons. The van der Waals surface area contributed by atoms with Crippen LogP contribution < -0.4 is 5.63 Å². The van der Waals surface area contributed by atoms with Gasteiger partial charge in [0.05, 0.1) is 5.39 Å². The Morgan fingerprint density at radius 3 is 2.50 bits per heavy atom. The van der Waals surface area contributed by atoms with Crippen LogP contribution in [-0.4, -0.2) is 11.1 Å². The van der Waals surface area contributed by atoms with Crippen molar-refractivity contribution in [3.05, 3.63) is 43.3 Å². The van der Waals surface area contributed by atoms with Gasteiger partial charge >= 0.3 is 11.6 Å². The summed E-state index contributed by atoms with van der Waals surface area (Å²) in [6.45, 7) is 0. The molecule has 1 heterocycles. The fraction of sp³-hybridized carbons (Fsp3) is 0. The average Bonchev–Trinajstić information content (AvgIpc) is 2.19. The molecule has 0 unspecified atom stereocenters. The quantitative estimate of drug-likeness (QED) is 0.861. The number of halogens is 2. The van der Waals surface area contributed by atoms with E-state index in [4.69, 9.17) is 5.11 Å². The zero-order valence-corrected chi connectivity index (χ0v) is 10.8. The lowest BCUT2D eigenvalue weighted by Gasteiger charge is -2.01. The minimum absolute atomic E-state index is 0.325. The summed E-state index contributed by atoms with van der Waals surface area (Å²) in [4.78, 5) is 22.3. The van der Waals surface area contributed by atoms with Gasteiger partial charge in [0.15, 0.2) is 0 Å². The third-order valence-corrected chi connectivity index (χ3v) is 3.12. The molecular weight excluding hydrogens is 344 g/mol. The maximum atomic E-state index is 11.5. The topological polar surface area (TPSA) is 67.5 Å². The Labute approximate surface area is 106 Å². The summed E-state index contributed by atoms with van der Waals surface area (Å²) in [5.41, 5.74) is -0.670. The van der Waals surface area contributed by atoms with E-state index >= 15 is 0 Å². The van der Waals surface area contributed by atoms with Crippen molar-refractivity contribution in [3.63, 3.8) is 0 Å². The van der Waals surface area contributed by atoms with Crippen molar-refractivity contribution in [2.45, 2.75) is 0 Å². The molecule has 0 atom stereocenters. The Morgan fingerprint density at radius 1 is 1.19 bits per heavy atom. The molecule has 0 amide bonds. The highest BCUT2D eigenvalue weighted by atomic mass is 79.9. The summed E-state index contributed by atoms with van der Waals surface area (Å²) in [5, 5.41) is 9.59. The Kier molecular flexibility index (Phi) is 2.86. The van der Waals surface area contributed by atoms with E-state index in [-0.39, 0.29) is 5.76 Å². The van der Waals surface area contributed by atoms with Crippen LogP contribution in [0.3, 0.4) is 0 Å². The Hall–Kier alpha value is -1.14. The molecule has 0 aliphatic rings. The van der Waals surface area contributed by atoms with Gasteiger partial charge in [0.2, 0.25) is 5.76 Å². The zero-order valence-electron chi connectivity index (χ0n) is 7.66. The molecular formula is C10H4Br2O4. The summed E-state index contributed by atoms with van der Waals surface area (Å²) in [5.74, 6) is -1.64. The number of carboxylic acid groups (broad SMARTS) is 1. The summed E-state index contributed by atoms with van der Waals surface area (Å²) >= 11 is 6.50. The summed E-state index contributed by atoms with van der Waals surface area (Å²) < 4.78 is 6.01. The number of rotatable bonds is 1. The maximum Gasteiger partial charge on any atom is 0.371 e. The average molecular weight is 348 g/mol. The first kappa shape index (κ1) is 11.3. The molecule has 0 saturated carbocycles. The maximum absolute atomic E-state index is 11.5. The third-order valence-electron chi connectivity index (χ3n) is 2.00. The molecule has 0 radical (unpaired) electrons. The Bertz CT molecular complexity index is 645. The van der Waals surface area contributed by atoms with Crippen LogP contribution in [0.5, 0.6) is 0 Å². The number of carboxylic acids is 1. The molecule has 0 bridgehead atoms. The largest absolute Gasteiger partial charge is 0.475 e. The molecule has 6 heteroatoms. The highest BCUT2D eigenvalue weighted by Crippen LogP contribution is 2.27. The van der Waals surface area contributed by atoms with E-state index in [1.165, 1.54) is 6.07 Å². The SMILES string of the molecule is O=C(O)c1cc2c(Br)cc(Br)cc2c(=O)o1. The minimum atomic E-state index is -1.27. The van der Waals surface area contributed by atoms with E-state index in [2.05, 4.69) is 36.3 Å². The Balaban J connectivity index is 2.93. The third kappa shape index (κ3) is 1.90. The molecule has 0 fully saturated rings. The van der Waals surface area contributed by atoms with E-state index < -0.39 is 11.6 Å². The first-order valence-corrected chi connectivity index (χ1v) is 5.74. The lowest BCUT2D eigenvalue weighted by molar-refractivity contribution is 0.0658. The lowest BCUT2D eigenvalue weighted by Crippen LogP contribution is -2.06. The van der Waals surface area contributed by atoms with E-state index in [9.17, 15) is 9.59 Å². The van der Waals surface area contributed by atoms with Crippen molar-refractivity contribution in [3.8, 4) is 0 Å². The van der Waals surface area contributed by atoms with E-state index in [1.54, 1.807) is 12.1 Å². The van der Waals surface area contributed by atoms with Gasteiger partial charge in [-0.1, -0.05) is 31.9 Å². The van der Waals surface area contributed by atoms with Crippen LogP contribution >= 0.6 is 31.9 Å². The molecule has 16 heavy (non-hydrogen) atoms. The van der Waals surface area contributed by atoms with Crippen molar-refractivity contribution in [1.82, 2.24) is 0 Å².